The average molecular weight is 510 g/mol. The standard InChI is InChI=1S/C14H6N8O14/c23-13(14(24)16(21(33)34)22(35)36)15(7-4-2-1-3-5-7)8-6-9(17(25)26)11(19(29)30)12(20(31)32)10(8)18(27)28/h1-6H. The monoisotopic (exact) mass is 510 g/mol. The van der Waals surface area contributed by atoms with Crippen molar-refractivity contribution in [3.63, 3.8) is 0 Å². The minimum atomic E-state index is -2.56. The first-order chi connectivity index (χ1) is 16.7. The SMILES string of the molecule is O=C(C(=O)N([N+](=O)[O-])[N+](=O)[O-])N(c1ccccc1)c1cc([N+](=O)[O-])c([N+](=O)[O-])c([N+](=O)[O-])c1[N+](=O)[O-]. The molecule has 22 nitrogen and oxygen atoms in total. The predicted octanol–water partition coefficient (Wildman–Crippen LogP) is 1.20. The molecule has 36 heavy (non-hydrogen) atoms. The summed E-state index contributed by atoms with van der Waals surface area (Å²) in [6, 6.07) is 5.23. The number of amides is 2. The van der Waals surface area contributed by atoms with Gasteiger partial charge in [-0.15, -0.1) is 0 Å². The second-order valence-corrected chi connectivity index (χ2v) is 6.04. The molecule has 0 atom stereocenters. The summed E-state index contributed by atoms with van der Waals surface area (Å²) in [5, 5.41) is 62.6. The number of benzene rings is 2. The fourth-order valence-electron chi connectivity index (χ4n) is 2.80. The van der Waals surface area contributed by atoms with Crippen molar-refractivity contribution in [1.82, 2.24) is 5.12 Å². The van der Waals surface area contributed by atoms with Crippen LogP contribution in [0.2, 0.25) is 0 Å². The summed E-state index contributed by atoms with van der Waals surface area (Å²) in [7, 11) is 0. The Morgan fingerprint density at radius 2 is 1.08 bits per heavy atom. The molecule has 0 saturated heterocycles. The van der Waals surface area contributed by atoms with Gasteiger partial charge in [0.1, 0.15) is 5.69 Å². The molecule has 2 rings (SSSR count). The van der Waals surface area contributed by atoms with E-state index in [1.165, 1.54) is 6.07 Å². The fourth-order valence-corrected chi connectivity index (χ4v) is 2.80. The highest BCUT2D eigenvalue weighted by atomic mass is 16.8. The van der Waals surface area contributed by atoms with Gasteiger partial charge in [-0.25, -0.2) is 25.0 Å². The summed E-state index contributed by atoms with van der Waals surface area (Å²) in [5.74, 6) is -4.87. The number of hydrogen-bond acceptors (Lipinski definition) is 14. The predicted molar refractivity (Wildman–Crippen MR) is 107 cm³/mol. The van der Waals surface area contributed by atoms with Gasteiger partial charge >= 0.3 is 34.6 Å². The molecule has 22 heteroatoms. The maximum absolute atomic E-state index is 12.9. The summed E-state index contributed by atoms with van der Waals surface area (Å²) in [6.07, 6.45) is 0. The molecule has 2 amide bonds. The highest BCUT2D eigenvalue weighted by Crippen LogP contribution is 2.50. The molecule has 2 aromatic rings. The van der Waals surface area contributed by atoms with E-state index in [0.29, 0.717) is 0 Å². The summed E-state index contributed by atoms with van der Waals surface area (Å²) < 4.78 is 0. The van der Waals surface area contributed by atoms with Gasteiger partial charge in [-0.2, -0.15) is 0 Å². The van der Waals surface area contributed by atoms with E-state index in [4.69, 9.17) is 0 Å². The number of hydrogen-bond donors (Lipinski definition) is 0. The Morgan fingerprint density at radius 3 is 1.47 bits per heavy atom. The maximum Gasteiger partial charge on any atom is 0.446 e. The number of hydrazine groups is 2. The van der Waals surface area contributed by atoms with Gasteiger partial charge in [0.05, 0.1) is 25.8 Å². The quantitative estimate of drug-likeness (QED) is 0.274. The number of nitro groups is 6. The Hall–Kier alpha value is -6.22. The van der Waals surface area contributed by atoms with Crippen molar-refractivity contribution < 1.29 is 39.3 Å². The lowest BCUT2D eigenvalue weighted by Gasteiger charge is -2.21. The molecule has 0 spiro atoms. The molecule has 0 unspecified atom stereocenters. The van der Waals surface area contributed by atoms with Crippen LogP contribution in [0.15, 0.2) is 36.4 Å². The number of para-hydroxylation sites is 1. The van der Waals surface area contributed by atoms with Crippen molar-refractivity contribution in [1.29, 1.82) is 0 Å². The number of anilines is 2. The van der Waals surface area contributed by atoms with E-state index < -0.39 is 80.8 Å². The van der Waals surface area contributed by atoms with Gasteiger partial charge < -0.3 is 0 Å². The number of nitrogens with zero attached hydrogens (tertiary/aromatic N) is 8. The van der Waals surface area contributed by atoms with Gasteiger partial charge in [0.25, 0.3) is 0 Å². The van der Waals surface area contributed by atoms with Gasteiger partial charge in [0.2, 0.25) is 15.2 Å². The van der Waals surface area contributed by atoms with E-state index in [-0.39, 0.29) is 11.0 Å². The van der Waals surface area contributed by atoms with Crippen LogP contribution in [0.4, 0.5) is 34.1 Å². The average Bonchev–Trinajstić information content (AvgIpc) is 2.77. The Labute approximate surface area is 193 Å². The number of nitro benzene ring substituents is 4. The minimum absolute atomic E-state index is 0.0376. The molecule has 0 radical (unpaired) electrons. The molecule has 186 valence electrons. The van der Waals surface area contributed by atoms with E-state index in [9.17, 15) is 70.3 Å². The molecular formula is C14H6N8O14. The highest BCUT2D eigenvalue weighted by molar-refractivity contribution is 6.41. The first-order valence-corrected chi connectivity index (χ1v) is 8.53. The molecule has 0 N–H and O–H groups in total. The van der Waals surface area contributed by atoms with Gasteiger partial charge in [-0.05, 0) is 12.1 Å². The van der Waals surface area contributed by atoms with E-state index in [1.54, 1.807) is 0 Å². The van der Waals surface area contributed by atoms with Crippen molar-refractivity contribution in [2.75, 3.05) is 4.90 Å². The van der Waals surface area contributed by atoms with Crippen LogP contribution in [0.3, 0.4) is 0 Å². The second kappa shape index (κ2) is 9.73. The van der Waals surface area contributed by atoms with Crippen LogP contribution in [0.1, 0.15) is 0 Å². The van der Waals surface area contributed by atoms with Crippen LogP contribution in [0.5, 0.6) is 0 Å². The fraction of sp³-hybridized carbons (Fsp3) is 0. The number of carbonyl (C=O) groups is 2. The summed E-state index contributed by atoms with van der Waals surface area (Å²) in [5.41, 5.74) is -9.83. The van der Waals surface area contributed by atoms with Crippen LogP contribution in [0.25, 0.3) is 0 Å². The van der Waals surface area contributed by atoms with Crippen LogP contribution >= 0.6 is 0 Å². The Bertz CT molecular complexity index is 1350. The molecule has 0 aliphatic carbocycles. The Kier molecular flexibility index (Phi) is 7.04. The lowest BCUT2D eigenvalue weighted by Crippen LogP contribution is -2.49. The van der Waals surface area contributed by atoms with Crippen molar-refractivity contribution in [3.8, 4) is 0 Å². The summed E-state index contributed by atoms with van der Waals surface area (Å²) >= 11 is 0. The molecular weight excluding hydrogens is 504 g/mol. The third-order valence-corrected chi connectivity index (χ3v) is 4.08. The third kappa shape index (κ3) is 4.60. The van der Waals surface area contributed by atoms with Crippen LogP contribution < -0.4 is 4.90 Å². The van der Waals surface area contributed by atoms with Gasteiger partial charge in [-0.1, -0.05) is 18.2 Å². The van der Waals surface area contributed by atoms with E-state index in [1.807, 2.05) is 0 Å². The molecule has 0 saturated carbocycles. The third-order valence-electron chi connectivity index (χ3n) is 4.08. The zero-order valence-corrected chi connectivity index (χ0v) is 16.8. The van der Waals surface area contributed by atoms with E-state index in [2.05, 4.69) is 0 Å². The highest BCUT2D eigenvalue weighted by Gasteiger charge is 2.51. The molecule has 0 bridgehead atoms. The molecule has 2 aromatic carbocycles. The van der Waals surface area contributed by atoms with E-state index in [0.717, 1.165) is 24.3 Å². The van der Waals surface area contributed by atoms with Gasteiger partial charge in [0.15, 0.2) is 0 Å². The molecule has 0 fully saturated rings. The first-order valence-electron chi connectivity index (χ1n) is 8.53. The lowest BCUT2D eigenvalue weighted by atomic mass is 10.1. The molecule has 0 aromatic heterocycles. The zero-order valence-electron chi connectivity index (χ0n) is 16.8. The van der Waals surface area contributed by atoms with Crippen LogP contribution in [-0.4, -0.2) is 46.7 Å². The molecule has 0 aliphatic rings. The first kappa shape index (κ1) is 26.0. The van der Waals surface area contributed by atoms with Gasteiger partial charge in [-0.3, -0.25) is 50.2 Å². The second-order valence-electron chi connectivity index (χ2n) is 6.04. The van der Waals surface area contributed by atoms with Crippen molar-refractivity contribution >= 4 is 45.9 Å². The summed E-state index contributed by atoms with van der Waals surface area (Å²) in [6.45, 7) is 0. The topological polar surface area (TPSA) is 299 Å². The van der Waals surface area contributed by atoms with Crippen molar-refractivity contribution in [3.05, 3.63) is 97.1 Å². The Morgan fingerprint density at radius 1 is 0.611 bits per heavy atom. The minimum Gasteiger partial charge on any atom is -0.265 e. The summed E-state index contributed by atoms with van der Waals surface area (Å²) in [4.78, 5) is 86.2. The lowest BCUT2D eigenvalue weighted by molar-refractivity contribution is -0.883. The molecule has 0 aliphatic heterocycles. The van der Waals surface area contributed by atoms with Crippen LogP contribution in [0, 0.1) is 60.7 Å². The van der Waals surface area contributed by atoms with Gasteiger partial charge in [0, 0.05) is 5.69 Å². The number of carbonyl (C=O) groups excluding carboxylic acids is 2. The normalized spacial score (nSPS) is 10.1. The Balaban J connectivity index is 3.09. The smallest absolute Gasteiger partial charge is 0.265 e. The van der Waals surface area contributed by atoms with Crippen LogP contribution in [-0.2, 0) is 9.59 Å². The van der Waals surface area contributed by atoms with Crippen molar-refractivity contribution in [2.45, 2.75) is 0 Å². The zero-order chi connectivity index (χ0) is 27.5. The van der Waals surface area contributed by atoms with E-state index >= 15 is 0 Å². The van der Waals surface area contributed by atoms with Crippen molar-refractivity contribution in [2.24, 2.45) is 0 Å². The largest absolute Gasteiger partial charge is 0.446 e. The number of rotatable bonds is 8. The molecule has 0 heterocycles. The maximum atomic E-state index is 12.9.